The smallest absolute Gasteiger partial charge is 0.326 e. The SMILES string of the molecule is O=C(O)CN1C(Cc2cccc3ccccc23)=C(Br)C(=O)NS1(=O)=O. The summed E-state index contributed by atoms with van der Waals surface area (Å²) in [4.78, 5) is 23.0. The predicted octanol–water partition coefficient (Wildman–Crippen LogP) is 1.75. The third kappa shape index (κ3) is 3.38. The minimum absolute atomic E-state index is 0.00323. The van der Waals surface area contributed by atoms with Crippen LogP contribution in [-0.4, -0.2) is 36.3 Å². The van der Waals surface area contributed by atoms with Crippen LogP contribution in [0.15, 0.2) is 52.6 Å². The number of amides is 1. The quantitative estimate of drug-likeness (QED) is 0.777. The van der Waals surface area contributed by atoms with Gasteiger partial charge in [-0.2, -0.15) is 8.42 Å². The van der Waals surface area contributed by atoms with Crippen LogP contribution in [0.1, 0.15) is 5.56 Å². The molecule has 1 amide bonds. The number of carboxylic acids is 1. The second-order valence-electron chi connectivity index (χ2n) is 5.41. The van der Waals surface area contributed by atoms with Gasteiger partial charge in [0.25, 0.3) is 5.91 Å². The van der Waals surface area contributed by atoms with Crippen LogP contribution in [0, 0.1) is 0 Å². The number of aliphatic carboxylic acids is 1. The number of benzene rings is 2. The van der Waals surface area contributed by atoms with Crippen molar-refractivity contribution in [1.29, 1.82) is 0 Å². The van der Waals surface area contributed by atoms with Gasteiger partial charge in [-0.15, -0.1) is 0 Å². The fraction of sp³-hybridized carbons (Fsp3) is 0.125. The molecule has 0 fully saturated rings. The maximum atomic E-state index is 12.2. The highest BCUT2D eigenvalue weighted by atomic mass is 79.9. The van der Waals surface area contributed by atoms with E-state index in [2.05, 4.69) is 15.9 Å². The predicted molar refractivity (Wildman–Crippen MR) is 95.0 cm³/mol. The summed E-state index contributed by atoms with van der Waals surface area (Å²) >= 11 is 3.09. The molecule has 0 aliphatic carbocycles. The molecule has 1 heterocycles. The van der Waals surface area contributed by atoms with Gasteiger partial charge in [-0.05, 0) is 32.3 Å². The summed E-state index contributed by atoms with van der Waals surface area (Å²) in [5, 5.41) is 10.9. The number of hydrogen-bond donors (Lipinski definition) is 2. The van der Waals surface area contributed by atoms with Crippen LogP contribution in [0.2, 0.25) is 0 Å². The van der Waals surface area contributed by atoms with Crippen molar-refractivity contribution in [1.82, 2.24) is 9.03 Å². The molecule has 0 saturated heterocycles. The zero-order valence-corrected chi connectivity index (χ0v) is 15.2. The Kier molecular flexibility index (Phi) is 4.53. The first kappa shape index (κ1) is 17.4. The van der Waals surface area contributed by atoms with Crippen LogP contribution in [0.25, 0.3) is 10.8 Å². The van der Waals surface area contributed by atoms with E-state index in [1.54, 1.807) is 4.72 Å². The lowest BCUT2D eigenvalue weighted by atomic mass is 10.0. The van der Waals surface area contributed by atoms with E-state index in [4.69, 9.17) is 5.11 Å². The number of carboxylic acid groups (broad SMARTS) is 1. The topological polar surface area (TPSA) is 104 Å². The standard InChI is InChI=1S/C16H13BrN2O5S/c17-15-13(19(9-14(20)21)25(23,24)18-16(15)22)8-11-6-3-5-10-4-1-2-7-12(10)11/h1-7H,8-9H2,(H,18,22)(H,20,21). The molecule has 0 unspecified atom stereocenters. The minimum Gasteiger partial charge on any atom is -0.480 e. The summed E-state index contributed by atoms with van der Waals surface area (Å²) in [5.74, 6) is -2.15. The number of rotatable bonds is 4. The highest BCUT2D eigenvalue weighted by molar-refractivity contribution is 9.12. The van der Waals surface area contributed by atoms with Crippen molar-refractivity contribution in [2.75, 3.05) is 6.54 Å². The molecule has 0 saturated carbocycles. The van der Waals surface area contributed by atoms with Gasteiger partial charge in [0, 0.05) is 6.42 Å². The summed E-state index contributed by atoms with van der Waals surface area (Å²) in [6.45, 7) is -0.780. The second kappa shape index (κ2) is 6.49. The Morgan fingerprint density at radius 3 is 2.56 bits per heavy atom. The Morgan fingerprint density at radius 1 is 1.16 bits per heavy atom. The highest BCUT2D eigenvalue weighted by Gasteiger charge is 2.36. The molecule has 0 spiro atoms. The molecular formula is C16H13BrN2O5S. The third-order valence-electron chi connectivity index (χ3n) is 3.78. The molecule has 130 valence electrons. The average Bonchev–Trinajstić information content (AvgIpc) is 2.55. The number of carbonyl (C=O) groups excluding carboxylic acids is 1. The first-order valence-electron chi connectivity index (χ1n) is 7.21. The van der Waals surface area contributed by atoms with Crippen molar-refractivity contribution in [3.8, 4) is 0 Å². The zero-order valence-electron chi connectivity index (χ0n) is 12.8. The average molecular weight is 425 g/mol. The molecule has 0 bridgehead atoms. The Morgan fingerprint density at radius 2 is 1.84 bits per heavy atom. The van der Waals surface area contributed by atoms with Crippen LogP contribution in [0.5, 0.6) is 0 Å². The van der Waals surface area contributed by atoms with Gasteiger partial charge in [0.1, 0.15) is 11.0 Å². The van der Waals surface area contributed by atoms with Gasteiger partial charge in [0.15, 0.2) is 0 Å². The van der Waals surface area contributed by atoms with Crippen molar-refractivity contribution < 1.29 is 23.1 Å². The zero-order chi connectivity index (χ0) is 18.2. The first-order valence-corrected chi connectivity index (χ1v) is 9.45. The second-order valence-corrected chi connectivity index (χ2v) is 7.80. The summed E-state index contributed by atoms with van der Waals surface area (Å²) in [7, 11) is -4.26. The van der Waals surface area contributed by atoms with E-state index in [0.29, 0.717) is 4.31 Å². The van der Waals surface area contributed by atoms with Crippen molar-refractivity contribution in [2.45, 2.75) is 6.42 Å². The molecule has 2 N–H and O–H groups in total. The summed E-state index contributed by atoms with van der Waals surface area (Å²) in [6.07, 6.45) is 0.0852. The van der Waals surface area contributed by atoms with E-state index in [1.165, 1.54) is 0 Å². The molecule has 9 heteroatoms. The van der Waals surface area contributed by atoms with Gasteiger partial charge in [-0.25, -0.2) is 9.03 Å². The van der Waals surface area contributed by atoms with Crippen LogP contribution >= 0.6 is 15.9 Å². The van der Waals surface area contributed by atoms with Crippen LogP contribution in [0.4, 0.5) is 0 Å². The van der Waals surface area contributed by atoms with Gasteiger partial charge in [-0.3, -0.25) is 9.59 Å². The molecule has 2 aromatic carbocycles. The lowest BCUT2D eigenvalue weighted by Gasteiger charge is -2.30. The van der Waals surface area contributed by atoms with Crippen molar-refractivity contribution in [3.63, 3.8) is 0 Å². The molecule has 7 nitrogen and oxygen atoms in total. The third-order valence-corrected chi connectivity index (χ3v) is 5.97. The molecule has 25 heavy (non-hydrogen) atoms. The van der Waals surface area contributed by atoms with E-state index in [1.807, 2.05) is 42.5 Å². The molecule has 0 atom stereocenters. The Hall–Kier alpha value is -2.39. The van der Waals surface area contributed by atoms with E-state index >= 15 is 0 Å². The highest BCUT2D eigenvalue weighted by Crippen LogP contribution is 2.29. The lowest BCUT2D eigenvalue weighted by molar-refractivity contribution is -0.137. The maximum absolute atomic E-state index is 12.2. The van der Waals surface area contributed by atoms with Gasteiger partial charge < -0.3 is 5.11 Å². The van der Waals surface area contributed by atoms with Crippen molar-refractivity contribution >= 4 is 48.8 Å². The molecule has 3 rings (SSSR count). The fourth-order valence-corrected chi connectivity index (χ4v) is 4.57. The van der Waals surface area contributed by atoms with Gasteiger partial charge in [0.2, 0.25) is 0 Å². The van der Waals surface area contributed by atoms with Crippen LogP contribution in [0.3, 0.4) is 0 Å². The van der Waals surface area contributed by atoms with E-state index < -0.39 is 28.6 Å². The molecule has 2 aromatic rings. The molecule has 1 aliphatic heterocycles. The molecule has 0 aromatic heterocycles. The van der Waals surface area contributed by atoms with Gasteiger partial charge >= 0.3 is 16.2 Å². The molecule has 0 radical (unpaired) electrons. The summed E-state index contributed by atoms with van der Waals surface area (Å²) in [6, 6.07) is 13.1. The number of allylic oxidation sites excluding steroid dienone is 1. The number of nitrogens with one attached hydrogen (secondary N) is 1. The molecular weight excluding hydrogens is 412 g/mol. The number of hydrogen-bond acceptors (Lipinski definition) is 4. The van der Waals surface area contributed by atoms with Crippen molar-refractivity contribution in [3.05, 3.63) is 58.2 Å². The largest absolute Gasteiger partial charge is 0.480 e. The normalized spacial score (nSPS) is 16.8. The van der Waals surface area contributed by atoms with E-state index in [0.717, 1.165) is 16.3 Å². The number of carbonyl (C=O) groups is 2. The van der Waals surface area contributed by atoms with Crippen molar-refractivity contribution in [2.24, 2.45) is 0 Å². The summed E-state index contributed by atoms with van der Waals surface area (Å²) in [5.41, 5.74) is 0.868. The van der Waals surface area contributed by atoms with Gasteiger partial charge in [0.05, 0.1) is 5.70 Å². The van der Waals surface area contributed by atoms with E-state index in [-0.39, 0.29) is 16.6 Å². The number of fused-ring (bicyclic) bond motifs is 1. The van der Waals surface area contributed by atoms with E-state index in [9.17, 15) is 18.0 Å². The molecule has 1 aliphatic rings. The first-order chi connectivity index (χ1) is 11.8. The number of nitrogens with zero attached hydrogens (tertiary/aromatic N) is 1. The van der Waals surface area contributed by atoms with Gasteiger partial charge in [-0.1, -0.05) is 42.5 Å². The Balaban J connectivity index is 2.12. The Labute approximate surface area is 152 Å². The maximum Gasteiger partial charge on any atom is 0.326 e. The lowest BCUT2D eigenvalue weighted by Crippen LogP contribution is -2.50. The number of halogens is 1. The Bertz CT molecular complexity index is 1010. The summed E-state index contributed by atoms with van der Waals surface area (Å²) < 4.78 is 26.9. The van der Waals surface area contributed by atoms with Crippen LogP contribution in [-0.2, 0) is 26.2 Å². The monoisotopic (exact) mass is 424 g/mol. The fourth-order valence-electron chi connectivity index (χ4n) is 2.70. The minimum atomic E-state index is -4.26. The van der Waals surface area contributed by atoms with Crippen LogP contribution < -0.4 is 4.72 Å².